The highest BCUT2D eigenvalue weighted by molar-refractivity contribution is 5.93. The van der Waals surface area contributed by atoms with Gasteiger partial charge in [0, 0.05) is 18.9 Å². The smallest absolute Gasteiger partial charge is 0.273 e. The molecule has 0 bridgehead atoms. The average Bonchev–Trinajstić information content (AvgIpc) is 3.19. The quantitative estimate of drug-likeness (QED) is 0.743. The van der Waals surface area contributed by atoms with Crippen LogP contribution in [0.1, 0.15) is 21.7 Å². The first-order valence-corrected chi connectivity index (χ1v) is 7.43. The zero-order valence-corrected chi connectivity index (χ0v) is 12.9. The van der Waals surface area contributed by atoms with E-state index >= 15 is 0 Å². The van der Waals surface area contributed by atoms with Gasteiger partial charge in [-0.15, -0.1) is 5.10 Å². The summed E-state index contributed by atoms with van der Waals surface area (Å²) in [4.78, 5) is 12.2. The van der Waals surface area contributed by atoms with Gasteiger partial charge >= 0.3 is 0 Å². The van der Waals surface area contributed by atoms with Gasteiger partial charge in [0.25, 0.3) is 5.91 Å². The van der Waals surface area contributed by atoms with Crippen LogP contribution in [-0.4, -0.2) is 37.2 Å². The minimum absolute atomic E-state index is 0.214. The molecule has 0 fully saturated rings. The van der Waals surface area contributed by atoms with Crippen molar-refractivity contribution < 1.29 is 4.79 Å². The largest absolute Gasteiger partial charge is 0.349 e. The molecule has 0 spiro atoms. The Morgan fingerprint density at radius 1 is 1.22 bits per heavy atom. The van der Waals surface area contributed by atoms with Crippen molar-refractivity contribution in [3.63, 3.8) is 0 Å². The molecular weight excluding hydrogens is 292 g/mol. The normalized spacial score (nSPS) is 10.7. The number of nitrogens with one attached hydrogen (secondary N) is 1. The highest BCUT2D eigenvalue weighted by Crippen LogP contribution is 2.07. The van der Waals surface area contributed by atoms with Gasteiger partial charge in [-0.25, -0.2) is 4.68 Å². The van der Waals surface area contributed by atoms with Crippen molar-refractivity contribution in [2.75, 3.05) is 6.54 Å². The van der Waals surface area contributed by atoms with Crippen LogP contribution in [0.3, 0.4) is 0 Å². The molecule has 0 radical (unpaired) electrons. The standard InChI is InChI=1S/C16H18N6O/c1-13-15(16(23)17-9-11-21-10-5-8-18-21)19-20-22(13)12-14-6-3-2-4-7-14/h2-8,10H,9,11-12H2,1H3,(H,17,23). The topological polar surface area (TPSA) is 77.6 Å². The van der Waals surface area contributed by atoms with E-state index in [1.165, 1.54) is 0 Å². The number of aromatic nitrogens is 5. The van der Waals surface area contributed by atoms with E-state index in [4.69, 9.17) is 0 Å². The predicted molar refractivity (Wildman–Crippen MR) is 84.9 cm³/mol. The number of hydrogen-bond donors (Lipinski definition) is 1. The molecular formula is C16H18N6O. The minimum Gasteiger partial charge on any atom is -0.349 e. The molecule has 7 heteroatoms. The summed E-state index contributed by atoms with van der Waals surface area (Å²) >= 11 is 0. The van der Waals surface area contributed by atoms with Crippen LogP contribution in [0.15, 0.2) is 48.8 Å². The SMILES string of the molecule is Cc1c(C(=O)NCCn2cccn2)nnn1Cc1ccccc1. The van der Waals surface area contributed by atoms with Gasteiger partial charge in [0.2, 0.25) is 0 Å². The summed E-state index contributed by atoms with van der Waals surface area (Å²) in [6.07, 6.45) is 3.56. The van der Waals surface area contributed by atoms with Crippen LogP contribution in [0.2, 0.25) is 0 Å². The predicted octanol–water partition coefficient (Wildman–Crippen LogP) is 1.26. The summed E-state index contributed by atoms with van der Waals surface area (Å²) in [5.74, 6) is -0.214. The van der Waals surface area contributed by atoms with E-state index in [-0.39, 0.29) is 5.91 Å². The number of hydrogen-bond acceptors (Lipinski definition) is 4. The molecule has 2 heterocycles. The molecule has 1 amide bonds. The third-order valence-corrected chi connectivity index (χ3v) is 3.56. The van der Waals surface area contributed by atoms with Crippen molar-refractivity contribution in [2.24, 2.45) is 0 Å². The Balaban J connectivity index is 1.60. The first-order chi connectivity index (χ1) is 11.2. The van der Waals surface area contributed by atoms with E-state index in [1.807, 2.05) is 49.5 Å². The van der Waals surface area contributed by atoms with Gasteiger partial charge in [-0.2, -0.15) is 5.10 Å². The zero-order chi connectivity index (χ0) is 16.1. The van der Waals surface area contributed by atoms with Crippen LogP contribution in [0, 0.1) is 6.92 Å². The molecule has 0 atom stereocenters. The van der Waals surface area contributed by atoms with Gasteiger partial charge < -0.3 is 5.32 Å². The van der Waals surface area contributed by atoms with Gasteiger partial charge in [0.15, 0.2) is 5.69 Å². The maximum atomic E-state index is 12.2. The maximum absolute atomic E-state index is 12.2. The van der Waals surface area contributed by atoms with Crippen molar-refractivity contribution in [2.45, 2.75) is 20.0 Å². The molecule has 0 saturated heterocycles. The summed E-state index contributed by atoms with van der Waals surface area (Å²) < 4.78 is 3.50. The van der Waals surface area contributed by atoms with Crippen LogP contribution in [-0.2, 0) is 13.1 Å². The summed E-state index contributed by atoms with van der Waals surface area (Å²) in [5.41, 5.74) is 2.23. The second kappa shape index (κ2) is 6.87. The molecule has 118 valence electrons. The van der Waals surface area contributed by atoms with Gasteiger partial charge in [-0.1, -0.05) is 35.5 Å². The van der Waals surface area contributed by atoms with E-state index in [0.717, 1.165) is 11.3 Å². The number of benzene rings is 1. The number of rotatable bonds is 6. The van der Waals surface area contributed by atoms with E-state index in [2.05, 4.69) is 20.7 Å². The van der Waals surface area contributed by atoms with Gasteiger partial charge in [0.05, 0.1) is 18.8 Å². The van der Waals surface area contributed by atoms with Gasteiger partial charge in [-0.05, 0) is 18.6 Å². The molecule has 3 rings (SSSR count). The molecule has 2 aromatic heterocycles. The molecule has 0 aliphatic heterocycles. The summed E-state index contributed by atoms with van der Waals surface area (Å²) in [6, 6.07) is 11.8. The molecule has 1 N–H and O–H groups in total. The monoisotopic (exact) mass is 310 g/mol. The van der Waals surface area contributed by atoms with E-state index < -0.39 is 0 Å². The number of nitrogens with zero attached hydrogens (tertiary/aromatic N) is 5. The lowest BCUT2D eigenvalue weighted by atomic mass is 10.2. The second-order valence-electron chi connectivity index (χ2n) is 5.19. The van der Waals surface area contributed by atoms with Crippen LogP contribution in [0.4, 0.5) is 0 Å². The Bertz CT molecular complexity index is 763. The number of carbonyl (C=O) groups excluding carboxylic acids is 1. The van der Waals surface area contributed by atoms with Crippen molar-refractivity contribution in [1.82, 2.24) is 30.1 Å². The Morgan fingerprint density at radius 2 is 2.04 bits per heavy atom. The van der Waals surface area contributed by atoms with E-state index in [0.29, 0.717) is 25.3 Å². The lowest BCUT2D eigenvalue weighted by Gasteiger charge is -2.05. The van der Waals surface area contributed by atoms with Crippen LogP contribution in [0.25, 0.3) is 0 Å². The third kappa shape index (κ3) is 3.63. The van der Waals surface area contributed by atoms with Gasteiger partial charge in [-0.3, -0.25) is 9.48 Å². The first kappa shape index (κ1) is 15.0. The maximum Gasteiger partial charge on any atom is 0.273 e. The fourth-order valence-electron chi connectivity index (χ4n) is 2.28. The minimum atomic E-state index is -0.214. The molecule has 7 nitrogen and oxygen atoms in total. The molecule has 23 heavy (non-hydrogen) atoms. The summed E-state index contributed by atoms with van der Waals surface area (Å²) in [7, 11) is 0. The molecule has 1 aromatic carbocycles. The van der Waals surface area contributed by atoms with Crippen LogP contribution in [0.5, 0.6) is 0 Å². The molecule has 0 unspecified atom stereocenters. The lowest BCUT2D eigenvalue weighted by molar-refractivity contribution is 0.0946. The average molecular weight is 310 g/mol. The Labute approximate surface area is 133 Å². The Kier molecular flexibility index (Phi) is 4.46. The highest BCUT2D eigenvalue weighted by atomic mass is 16.2. The fourth-order valence-corrected chi connectivity index (χ4v) is 2.28. The van der Waals surface area contributed by atoms with Gasteiger partial charge in [0.1, 0.15) is 0 Å². The Hall–Kier alpha value is -2.96. The fraction of sp³-hybridized carbons (Fsp3) is 0.250. The first-order valence-electron chi connectivity index (χ1n) is 7.43. The summed E-state index contributed by atoms with van der Waals surface area (Å²) in [5, 5.41) is 15.0. The third-order valence-electron chi connectivity index (χ3n) is 3.56. The van der Waals surface area contributed by atoms with Crippen molar-refractivity contribution in [3.05, 3.63) is 65.7 Å². The van der Waals surface area contributed by atoms with E-state index in [9.17, 15) is 4.79 Å². The summed E-state index contributed by atoms with van der Waals surface area (Å²) in [6.45, 7) is 3.56. The van der Waals surface area contributed by atoms with Crippen LogP contribution < -0.4 is 5.32 Å². The Morgan fingerprint density at radius 3 is 2.78 bits per heavy atom. The number of amides is 1. The molecule has 3 aromatic rings. The highest BCUT2D eigenvalue weighted by Gasteiger charge is 2.16. The lowest BCUT2D eigenvalue weighted by Crippen LogP contribution is -2.28. The molecule has 0 saturated carbocycles. The van der Waals surface area contributed by atoms with Crippen molar-refractivity contribution >= 4 is 5.91 Å². The van der Waals surface area contributed by atoms with Crippen molar-refractivity contribution in [3.8, 4) is 0 Å². The van der Waals surface area contributed by atoms with Crippen molar-refractivity contribution in [1.29, 1.82) is 0 Å². The second-order valence-corrected chi connectivity index (χ2v) is 5.19. The zero-order valence-electron chi connectivity index (χ0n) is 12.9. The van der Waals surface area contributed by atoms with E-state index in [1.54, 1.807) is 15.6 Å². The molecule has 0 aliphatic rings. The number of carbonyl (C=O) groups is 1. The molecule has 0 aliphatic carbocycles. The van der Waals surface area contributed by atoms with Crippen LogP contribution >= 0.6 is 0 Å².